The highest BCUT2D eigenvalue weighted by atomic mass is 32.2. The van der Waals surface area contributed by atoms with Crippen molar-refractivity contribution >= 4 is 32.3 Å². The number of benzene rings is 2. The standard InChI is InChI=1S/C29H32F3N3O5S2/c1-19-14-20(15-34-10-12-42(38,39)13-11-34)6-7-21(19)17-40-26-5-3-2-4-23(26)25-18-41-28(33-25)35-9-8-22(27(36)37)24(16-35)29(30,31)32/h2-7,14,18,22,24H,8-13,15-17H2,1H3,(H,36,37). The molecule has 226 valence electrons. The van der Waals surface area contributed by atoms with Crippen LogP contribution in [-0.2, 0) is 27.8 Å². The zero-order chi connectivity index (χ0) is 30.1. The molecule has 2 atom stereocenters. The molecule has 2 saturated heterocycles. The van der Waals surface area contributed by atoms with Gasteiger partial charge in [-0.15, -0.1) is 11.3 Å². The molecule has 0 bridgehead atoms. The lowest BCUT2D eigenvalue weighted by Crippen LogP contribution is -2.49. The number of alkyl halides is 3. The quantitative estimate of drug-likeness (QED) is 0.374. The summed E-state index contributed by atoms with van der Waals surface area (Å²) in [6.45, 7) is 3.79. The fourth-order valence-corrected chi connectivity index (χ4v) is 7.57. The molecular formula is C29H32F3N3O5S2. The number of piperidine rings is 1. The van der Waals surface area contributed by atoms with E-state index in [1.807, 2.05) is 43.3 Å². The minimum atomic E-state index is -4.62. The highest BCUT2D eigenvalue weighted by molar-refractivity contribution is 7.91. The molecule has 0 radical (unpaired) electrons. The van der Waals surface area contributed by atoms with Gasteiger partial charge in [-0.05, 0) is 42.2 Å². The number of aromatic nitrogens is 1. The lowest BCUT2D eigenvalue weighted by molar-refractivity contribution is -0.197. The average Bonchev–Trinajstić information content (AvgIpc) is 3.43. The van der Waals surface area contributed by atoms with Gasteiger partial charge in [-0.2, -0.15) is 13.2 Å². The molecule has 2 aliphatic heterocycles. The Balaban J connectivity index is 1.25. The summed E-state index contributed by atoms with van der Waals surface area (Å²) in [6.07, 6.45) is -4.72. The smallest absolute Gasteiger partial charge is 0.394 e. The minimum absolute atomic E-state index is 0.105. The number of halogens is 3. The van der Waals surface area contributed by atoms with E-state index < -0.39 is 40.4 Å². The number of ether oxygens (including phenoxy) is 1. The molecule has 1 N–H and O–H groups in total. The van der Waals surface area contributed by atoms with Gasteiger partial charge in [-0.1, -0.05) is 30.3 Å². The largest absolute Gasteiger partial charge is 0.488 e. The second-order valence-corrected chi connectivity index (χ2v) is 14.0. The van der Waals surface area contributed by atoms with Gasteiger partial charge in [-0.25, -0.2) is 13.4 Å². The van der Waals surface area contributed by atoms with Crippen LogP contribution in [-0.4, -0.2) is 73.2 Å². The van der Waals surface area contributed by atoms with Crippen LogP contribution in [0.3, 0.4) is 0 Å². The lowest BCUT2D eigenvalue weighted by atomic mass is 9.85. The third kappa shape index (κ3) is 7.07. The fourth-order valence-electron chi connectivity index (χ4n) is 5.43. The molecule has 3 heterocycles. The summed E-state index contributed by atoms with van der Waals surface area (Å²) >= 11 is 1.22. The van der Waals surface area contributed by atoms with Gasteiger partial charge in [0, 0.05) is 43.7 Å². The second-order valence-electron chi connectivity index (χ2n) is 10.8. The van der Waals surface area contributed by atoms with Gasteiger partial charge in [0.15, 0.2) is 15.0 Å². The molecule has 2 aliphatic rings. The number of para-hydroxylation sites is 1. The number of carboxylic acids is 1. The Morgan fingerprint density at radius 3 is 2.57 bits per heavy atom. The number of carbonyl (C=O) groups is 1. The zero-order valence-corrected chi connectivity index (χ0v) is 24.6. The lowest BCUT2D eigenvalue weighted by Gasteiger charge is -2.37. The maximum atomic E-state index is 13.6. The number of aliphatic carboxylic acids is 1. The monoisotopic (exact) mass is 623 g/mol. The average molecular weight is 624 g/mol. The Morgan fingerprint density at radius 2 is 1.88 bits per heavy atom. The fraction of sp³-hybridized carbons (Fsp3) is 0.448. The molecule has 0 amide bonds. The summed E-state index contributed by atoms with van der Waals surface area (Å²) in [5.74, 6) is -3.88. The van der Waals surface area contributed by atoms with E-state index >= 15 is 0 Å². The molecule has 13 heteroatoms. The van der Waals surface area contributed by atoms with Crippen molar-refractivity contribution in [3.63, 3.8) is 0 Å². The Labute approximate surface area is 246 Å². The van der Waals surface area contributed by atoms with Crippen molar-refractivity contribution < 1.29 is 36.2 Å². The number of carboxylic acid groups (broad SMARTS) is 1. The second kappa shape index (κ2) is 12.2. The van der Waals surface area contributed by atoms with Crippen LogP contribution in [0.5, 0.6) is 5.75 Å². The van der Waals surface area contributed by atoms with Crippen LogP contribution in [0.2, 0.25) is 0 Å². The molecular weight excluding hydrogens is 591 g/mol. The zero-order valence-electron chi connectivity index (χ0n) is 23.0. The first kappa shape index (κ1) is 30.3. The van der Waals surface area contributed by atoms with Crippen LogP contribution in [0.1, 0.15) is 23.1 Å². The number of aryl methyl sites for hydroxylation is 1. The first-order valence-electron chi connectivity index (χ1n) is 13.6. The van der Waals surface area contributed by atoms with E-state index in [0.29, 0.717) is 48.4 Å². The van der Waals surface area contributed by atoms with E-state index in [-0.39, 0.29) is 24.5 Å². The van der Waals surface area contributed by atoms with Crippen LogP contribution >= 0.6 is 11.3 Å². The van der Waals surface area contributed by atoms with E-state index in [9.17, 15) is 31.5 Å². The summed E-state index contributed by atoms with van der Waals surface area (Å²) in [6, 6.07) is 13.5. The van der Waals surface area contributed by atoms with Gasteiger partial charge < -0.3 is 14.7 Å². The van der Waals surface area contributed by atoms with Crippen molar-refractivity contribution in [2.75, 3.05) is 42.6 Å². The molecule has 42 heavy (non-hydrogen) atoms. The molecule has 5 rings (SSSR count). The maximum Gasteiger partial charge on any atom is 0.394 e. The molecule has 1 aromatic heterocycles. The minimum Gasteiger partial charge on any atom is -0.488 e. The van der Waals surface area contributed by atoms with Crippen LogP contribution in [0.15, 0.2) is 47.8 Å². The van der Waals surface area contributed by atoms with Crippen LogP contribution in [0.25, 0.3) is 11.3 Å². The van der Waals surface area contributed by atoms with Crippen LogP contribution in [0, 0.1) is 18.8 Å². The third-order valence-electron chi connectivity index (χ3n) is 7.91. The van der Waals surface area contributed by atoms with Crippen molar-refractivity contribution in [1.82, 2.24) is 9.88 Å². The van der Waals surface area contributed by atoms with Gasteiger partial charge in [-0.3, -0.25) is 9.69 Å². The summed E-state index contributed by atoms with van der Waals surface area (Å²) in [7, 11) is -2.92. The van der Waals surface area contributed by atoms with Gasteiger partial charge in [0.2, 0.25) is 0 Å². The first-order chi connectivity index (χ1) is 19.9. The normalized spacial score (nSPS) is 21.3. The van der Waals surface area contributed by atoms with Gasteiger partial charge in [0.25, 0.3) is 0 Å². The summed E-state index contributed by atoms with van der Waals surface area (Å²) in [4.78, 5) is 19.7. The van der Waals surface area contributed by atoms with Crippen LogP contribution in [0.4, 0.5) is 18.3 Å². The Kier molecular flexibility index (Phi) is 8.81. The molecule has 8 nitrogen and oxygen atoms in total. The molecule has 0 spiro atoms. The summed E-state index contributed by atoms with van der Waals surface area (Å²) in [5, 5.41) is 11.5. The van der Waals surface area contributed by atoms with Crippen molar-refractivity contribution in [1.29, 1.82) is 0 Å². The molecule has 0 aliphatic carbocycles. The summed E-state index contributed by atoms with van der Waals surface area (Å²) in [5.41, 5.74) is 4.43. The van der Waals surface area contributed by atoms with E-state index in [4.69, 9.17) is 4.74 Å². The van der Waals surface area contributed by atoms with Gasteiger partial charge >= 0.3 is 12.1 Å². The van der Waals surface area contributed by atoms with Crippen molar-refractivity contribution in [3.8, 4) is 17.0 Å². The first-order valence-corrected chi connectivity index (χ1v) is 16.3. The number of sulfone groups is 1. The van der Waals surface area contributed by atoms with Crippen molar-refractivity contribution in [3.05, 3.63) is 64.5 Å². The number of anilines is 1. The highest BCUT2D eigenvalue weighted by Crippen LogP contribution is 2.40. The Bertz CT molecular complexity index is 1530. The summed E-state index contributed by atoms with van der Waals surface area (Å²) < 4.78 is 70.5. The topological polar surface area (TPSA) is 100 Å². The number of hydrogen-bond donors (Lipinski definition) is 1. The predicted octanol–water partition coefficient (Wildman–Crippen LogP) is 5.02. The Hall–Kier alpha value is -3.16. The van der Waals surface area contributed by atoms with Crippen molar-refractivity contribution in [2.24, 2.45) is 11.8 Å². The van der Waals surface area contributed by atoms with E-state index in [0.717, 1.165) is 16.7 Å². The predicted molar refractivity (Wildman–Crippen MR) is 154 cm³/mol. The molecule has 2 aromatic carbocycles. The van der Waals surface area contributed by atoms with Crippen molar-refractivity contribution in [2.45, 2.75) is 32.7 Å². The SMILES string of the molecule is Cc1cc(CN2CCS(=O)(=O)CC2)ccc1COc1ccccc1-c1csc(N2CCC(C(=O)O)C(C(F)(F)F)C2)n1. The van der Waals surface area contributed by atoms with E-state index in [2.05, 4.69) is 16.0 Å². The van der Waals surface area contributed by atoms with E-state index in [1.54, 1.807) is 5.38 Å². The molecule has 0 saturated carbocycles. The number of thiazole rings is 1. The Morgan fingerprint density at radius 1 is 1.14 bits per heavy atom. The number of nitrogens with zero attached hydrogens (tertiary/aromatic N) is 3. The highest BCUT2D eigenvalue weighted by Gasteiger charge is 2.50. The van der Waals surface area contributed by atoms with Crippen LogP contribution < -0.4 is 9.64 Å². The molecule has 2 fully saturated rings. The van der Waals surface area contributed by atoms with Gasteiger partial charge in [0.1, 0.15) is 12.4 Å². The number of hydrogen-bond acceptors (Lipinski definition) is 8. The third-order valence-corrected chi connectivity index (χ3v) is 10.4. The van der Waals surface area contributed by atoms with E-state index in [1.165, 1.54) is 16.2 Å². The maximum absolute atomic E-state index is 13.6. The number of rotatable bonds is 8. The van der Waals surface area contributed by atoms with Gasteiger partial charge in [0.05, 0.1) is 29.0 Å². The molecule has 2 unspecified atom stereocenters. The molecule has 3 aromatic rings.